The second-order valence-corrected chi connectivity index (χ2v) is 3.59. The van der Waals surface area contributed by atoms with E-state index in [1.807, 2.05) is 12.1 Å². The molecule has 0 radical (unpaired) electrons. The molecule has 4 nitrogen and oxygen atoms in total. The number of hydrogen-bond acceptors (Lipinski definition) is 4. The molecule has 1 aliphatic rings. The Hall–Kier alpha value is -1.55. The number of hydrogen-bond donors (Lipinski definition) is 2. The molecule has 2 unspecified atom stereocenters. The molecule has 4 heteroatoms. The molecular formula is C11H13NO3. The Morgan fingerprint density at radius 3 is 2.80 bits per heavy atom. The fourth-order valence-electron chi connectivity index (χ4n) is 1.76. The van der Waals surface area contributed by atoms with E-state index in [2.05, 4.69) is 10.1 Å². The van der Waals surface area contributed by atoms with E-state index in [1.54, 1.807) is 12.1 Å². The lowest BCUT2D eigenvalue weighted by molar-refractivity contribution is -0.146. The van der Waals surface area contributed by atoms with Crippen LogP contribution in [0, 0.1) is 0 Å². The summed E-state index contributed by atoms with van der Waals surface area (Å²) in [5.41, 5.74) is 0.831. The number of ether oxygens (including phenoxy) is 1. The van der Waals surface area contributed by atoms with E-state index in [9.17, 15) is 9.90 Å². The highest BCUT2D eigenvalue weighted by Gasteiger charge is 2.36. The summed E-state index contributed by atoms with van der Waals surface area (Å²) >= 11 is 0. The molecule has 0 saturated carbocycles. The van der Waals surface area contributed by atoms with E-state index in [0.29, 0.717) is 6.42 Å². The molecule has 1 saturated heterocycles. The Kier molecular flexibility index (Phi) is 2.60. The molecule has 1 aromatic carbocycles. The Labute approximate surface area is 87.9 Å². The summed E-state index contributed by atoms with van der Waals surface area (Å²) in [5.74, 6) is 0.0139. The number of aromatic hydroxyl groups is 1. The second kappa shape index (κ2) is 3.90. The average molecular weight is 207 g/mol. The number of carbonyl (C=O) groups is 1. The van der Waals surface area contributed by atoms with Crippen molar-refractivity contribution in [2.24, 2.45) is 0 Å². The number of para-hydroxylation sites is 1. The maximum absolute atomic E-state index is 11.1. The van der Waals surface area contributed by atoms with Crippen molar-refractivity contribution in [2.45, 2.75) is 18.5 Å². The highest BCUT2D eigenvalue weighted by Crippen LogP contribution is 2.33. The van der Waals surface area contributed by atoms with Crippen LogP contribution >= 0.6 is 0 Å². The van der Waals surface area contributed by atoms with Crippen LogP contribution in [0.5, 0.6) is 5.75 Å². The number of phenols is 1. The quantitative estimate of drug-likeness (QED) is 0.709. The first-order chi connectivity index (χ1) is 7.22. The lowest BCUT2D eigenvalue weighted by Crippen LogP contribution is -2.51. The van der Waals surface area contributed by atoms with Crippen LogP contribution in [-0.4, -0.2) is 24.2 Å². The Morgan fingerprint density at radius 1 is 1.53 bits per heavy atom. The number of nitrogens with one attached hydrogen (secondary N) is 1. The minimum Gasteiger partial charge on any atom is -0.508 e. The van der Waals surface area contributed by atoms with E-state index in [4.69, 9.17) is 0 Å². The average Bonchev–Trinajstić information content (AvgIpc) is 2.18. The van der Waals surface area contributed by atoms with Crippen molar-refractivity contribution in [3.05, 3.63) is 29.8 Å². The second-order valence-electron chi connectivity index (χ2n) is 3.59. The third-order valence-corrected chi connectivity index (χ3v) is 2.67. The van der Waals surface area contributed by atoms with Gasteiger partial charge in [-0.15, -0.1) is 0 Å². The molecule has 0 amide bonds. The van der Waals surface area contributed by atoms with E-state index in [-0.39, 0.29) is 23.8 Å². The number of carbonyl (C=O) groups excluding carboxylic acids is 1. The van der Waals surface area contributed by atoms with E-state index >= 15 is 0 Å². The predicted molar refractivity (Wildman–Crippen MR) is 54.4 cm³/mol. The molecule has 80 valence electrons. The smallest absolute Gasteiger partial charge is 0.322 e. The van der Waals surface area contributed by atoms with Gasteiger partial charge in [0.1, 0.15) is 11.8 Å². The van der Waals surface area contributed by atoms with Gasteiger partial charge in [0, 0.05) is 11.6 Å². The van der Waals surface area contributed by atoms with Crippen LogP contribution in [0.3, 0.4) is 0 Å². The normalized spacial score (nSPS) is 24.3. The van der Waals surface area contributed by atoms with Gasteiger partial charge in [0.05, 0.1) is 7.11 Å². The number of phenolic OH excluding ortho intramolecular Hbond substituents is 1. The Bertz CT molecular complexity index is 372. The molecule has 2 atom stereocenters. The highest BCUT2D eigenvalue weighted by atomic mass is 16.5. The summed E-state index contributed by atoms with van der Waals surface area (Å²) in [6, 6.07) is 6.94. The van der Waals surface area contributed by atoms with Gasteiger partial charge in [-0.3, -0.25) is 10.1 Å². The molecular weight excluding hydrogens is 194 g/mol. The van der Waals surface area contributed by atoms with Crippen LogP contribution in [0.2, 0.25) is 0 Å². The summed E-state index contributed by atoms with van der Waals surface area (Å²) < 4.78 is 4.60. The monoisotopic (exact) mass is 207 g/mol. The van der Waals surface area contributed by atoms with Crippen molar-refractivity contribution >= 4 is 5.97 Å². The topological polar surface area (TPSA) is 58.6 Å². The van der Waals surface area contributed by atoms with E-state index in [1.165, 1.54) is 7.11 Å². The molecule has 15 heavy (non-hydrogen) atoms. The SMILES string of the molecule is COC(=O)C1CC(c2ccccc2O)N1. The number of benzene rings is 1. The van der Waals surface area contributed by atoms with Crippen molar-refractivity contribution in [3.63, 3.8) is 0 Å². The maximum Gasteiger partial charge on any atom is 0.322 e. The first kappa shape index (κ1) is 9.98. The molecule has 0 bridgehead atoms. The summed E-state index contributed by atoms with van der Waals surface area (Å²) in [7, 11) is 1.37. The van der Waals surface area contributed by atoms with Gasteiger partial charge in [-0.1, -0.05) is 18.2 Å². The zero-order chi connectivity index (χ0) is 10.8. The lowest BCUT2D eigenvalue weighted by Gasteiger charge is -2.35. The van der Waals surface area contributed by atoms with Crippen LogP contribution in [0.15, 0.2) is 24.3 Å². The van der Waals surface area contributed by atoms with Gasteiger partial charge in [0.15, 0.2) is 0 Å². The van der Waals surface area contributed by atoms with Gasteiger partial charge in [-0.25, -0.2) is 0 Å². The fourth-order valence-corrected chi connectivity index (χ4v) is 1.76. The largest absolute Gasteiger partial charge is 0.508 e. The minimum atomic E-state index is -0.248. The van der Waals surface area contributed by atoms with Gasteiger partial charge in [0.25, 0.3) is 0 Å². The fraction of sp³-hybridized carbons (Fsp3) is 0.364. The van der Waals surface area contributed by atoms with Gasteiger partial charge in [-0.2, -0.15) is 0 Å². The van der Waals surface area contributed by atoms with E-state index in [0.717, 1.165) is 5.56 Å². The van der Waals surface area contributed by atoms with Crippen LogP contribution in [0.25, 0.3) is 0 Å². The molecule has 0 aliphatic carbocycles. The number of methoxy groups -OCH3 is 1. The summed E-state index contributed by atoms with van der Waals surface area (Å²) in [4.78, 5) is 11.1. The summed E-state index contributed by atoms with van der Waals surface area (Å²) in [6.45, 7) is 0. The predicted octanol–water partition coefficient (Wildman–Crippen LogP) is 0.968. The minimum absolute atomic E-state index is 0.0512. The third kappa shape index (κ3) is 1.80. The maximum atomic E-state index is 11.1. The van der Waals surface area contributed by atoms with Crippen molar-refractivity contribution in [1.82, 2.24) is 5.32 Å². The summed E-state index contributed by atoms with van der Waals surface area (Å²) in [6.07, 6.45) is 0.671. The molecule has 1 heterocycles. The van der Waals surface area contributed by atoms with Crippen LogP contribution in [0.4, 0.5) is 0 Å². The lowest BCUT2D eigenvalue weighted by atomic mass is 9.90. The van der Waals surface area contributed by atoms with Crippen molar-refractivity contribution < 1.29 is 14.6 Å². The van der Waals surface area contributed by atoms with Gasteiger partial charge in [0.2, 0.25) is 0 Å². The van der Waals surface area contributed by atoms with E-state index < -0.39 is 0 Å². The molecule has 2 rings (SSSR count). The van der Waals surface area contributed by atoms with Gasteiger partial charge >= 0.3 is 5.97 Å². The first-order valence-corrected chi connectivity index (χ1v) is 4.84. The molecule has 1 fully saturated rings. The Morgan fingerprint density at radius 2 is 2.20 bits per heavy atom. The summed E-state index contributed by atoms with van der Waals surface area (Å²) in [5, 5.41) is 12.6. The van der Waals surface area contributed by atoms with Crippen molar-refractivity contribution in [1.29, 1.82) is 0 Å². The molecule has 0 aromatic heterocycles. The van der Waals surface area contributed by atoms with Crippen molar-refractivity contribution in [3.8, 4) is 5.75 Å². The van der Waals surface area contributed by atoms with Crippen molar-refractivity contribution in [2.75, 3.05) is 7.11 Å². The van der Waals surface area contributed by atoms with Gasteiger partial charge in [-0.05, 0) is 12.5 Å². The standard InChI is InChI=1S/C11H13NO3/c1-15-11(14)9-6-8(12-9)7-4-2-3-5-10(7)13/h2-5,8-9,12-13H,6H2,1H3. The van der Waals surface area contributed by atoms with Crippen LogP contribution < -0.4 is 5.32 Å². The van der Waals surface area contributed by atoms with Crippen LogP contribution in [0.1, 0.15) is 18.0 Å². The molecule has 2 N–H and O–H groups in total. The van der Waals surface area contributed by atoms with Crippen LogP contribution in [-0.2, 0) is 9.53 Å². The number of rotatable bonds is 2. The molecule has 0 spiro atoms. The highest BCUT2D eigenvalue weighted by molar-refractivity contribution is 5.77. The third-order valence-electron chi connectivity index (χ3n) is 2.67. The molecule has 1 aromatic rings. The van der Waals surface area contributed by atoms with Gasteiger partial charge < -0.3 is 9.84 Å². The zero-order valence-corrected chi connectivity index (χ0v) is 8.43. The first-order valence-electron chi connectivity index (χ1n) is 4.84. The Balaban J connectivity index is 2.00. The zero-order valence-electron chi connectivity index (χ0n) is 8.43. The number of esters is 1. The molecule has 1 aliphatic heterocycles.